The van der Waals surface area contributed by atoms with Crippen LogP contribution in [0.2, 0.25) is 0 Å². The smallest absolute Gasteiger partial charge is 0.163 e. The Morgan fingerprint density at radius 1 is 1.35 bits per heavy atom. The number of ketones is 1. The van der Waals surface area contributed by atoms with Crippen molar-refractivity contribution in [2.24, 2.45) is 5.92 Å². The molecule has 0 bridgehead atoms. The molecule has 0 radical (unpaired) electrons. The van der Waals surface area contributed by atoms with Gasteiger partial charge < -0.3 is 4.74 Å². The SMILES string of the molecule is CCCCC(CC)COc1cc(C)c(F)cc1C(C)=O. The monoisotopic (exact) mass is 280 g/mol. The lowest BCUT2D eigenvalue weighted by molar-refractivity contribution is 0.101. The number of unbranched alkanes of at least 4 members (excludes halogenated alkanes) is 1. The molecule has 0 aromatic heterocycles. The van der Waals surface area contributed by atoms with Crippen LogP contribution in [-0.2, 0) is 0 Å². The summed E-state index contributed by atoms with van der Waals surface area (Å²) in [5.74, 6) is 0.465. The third-order valence-corrected chi connectivity index (χ3v) is 3.66. The molecule has 0 saturated carbocycles. The minimum atomic E-state index is -0.361. The van der Waals surface area contributed by atoms with Crippen LogP contribution >= 0.6 is 0 Å². The van der Waals surface area contributed by atoms with Crippen LogP contribution < -0.4 is 4.74 Å². The summed E-state index contributed by atoms with van der Waals surface area (Å²) in [7, 11) is 0. The van der Waals surface area contributed by atoms with Gasteiger partial charge >= 0.3 is 0 Å². The van der Waals surface area contributed by atoms with Gasteiger partial charge in [0.2, 0.25) is 0 Å². The Morgan fingerprint density at radius 3 is 2.60 bits per heavy atom. The lowest BCUT2D eigenvalue weighted by Gasteiger charge is -2.17. The predicted molar refractivity (Wildman–Crippen MR) is 79.9 cm³/mol. The summed E-state index contributed by atoms with van der Waals surface area (Å²) in [6.45, 7) is 8.02. The quantitative estimate of drug-likeness (QED) is 0.631. The van der Waals surface area contributed by atoms with E-state index in [2.05, 4.69) is 13.8 Å². The Kier molecular flexibility index (Phi) is 6.69. The molecule has 0 aliphatic carbocycles. The summed E-state index contributed by atoms with van der Waals surface area (Å²) in [6, 6.07) is 2.90. The van der Waals surface area contributed by atoms with Crippen molar-refractivity contribution >= 4 is 5.78 Å². The third-order valence-electron chi connectivity index (χ3n) is 3.66. The van der Waals surface area contributed by atoms with E-state index in [0.717, 1.165) is 12.8 Å². The van der Waals surface area contributed by atoms with Crippen LogP contribution in [0.4, 0.5) is 4.39 Å². The fourth-order valence-electron chi connectivity index (χ4n) is 2.16. The zero-order chi connectivity index (χ0) is 15.1. The first-order valence-electron chi connectivity index (χ1n) is 7.43. The Hall–Kier alpha value is -1.38. The molecule has 0 saturated heterocycles. The van der Waals surface area contributed by atoms with E-state index in [1.165, 1.54) is 25.8 Å². The number of aryl methyl sites for hydroxylation is 1. The highest BCUT2D eigenvalue weighted by Gasteiger charge is 2.14. The zero-order valence-electron chi connectivity index (χ0n) is 13.0. The minimum absolute atomic E-state index is 0.166. The molecule has 20 heavy (non-hydrogen) atoms. The van der Waals surface area contributed by atoms with Gasteiger partial charge in [-0.25, -0.2) is 4.39 Å². The molecule has 1 aromatic carbocycles. The molecule has 0 aliphatic heterocycles. The second-order valence-corrected chi connectivity index (χ2v) is 5.38. The van der Waals surface area contributed by atoms with Gasteiger partial charge in [-0.3, -0.25) is 4.79 Å². The summed E-state index contributed by atoms with van der Waals surface area (Å²) in [5.41, 5.74) is 0.838. The minimum Gasteiger partial charge on any atom is -0.493 e. The van der Waals surface area contributed by atoms with Crippen LogP contribution in [0, 0.1) is 18.7 Å². The van der Waals surface area contributed by atoms with Gasteiger partial charge in [0.25, 0.3) is 0 Å². The molecule has 3 heteroatoms. The number of benzene rings is 1. The number of carbonyl (C=O) groups is 1. The summed E-state index contributed by atoms with van der Waals surface area (Å²) in [5, 5.41) is 0. The van der Waals surface area contributed by atoms with Crippen LogP contribution in [0.3, 0.4) is 0 Å². The molecule has 2 nitrogen and oxygen atoms in total. The maximum Gasteiger partial charge on any atom is 0.163 e. The Labute approximate surface area is 121 Å². The van der Waals surface area contributed by atoms with Crippen LogP contribution in [0.25, 0.3) is 0 Å². The fourth-order valence-corrected chi connectivity index (χ4v) is 2.16. The maximum atomic E-state index is 13.5. The van der Waals surface area contributed by atoms with E-state index in [0.29, 0.717) is 29.4 Å². The van der Waals surface area contributed by atoms with Gasteiger partial charge in [-0.15, -0.1) is 0 Å². The van der Waals surface area contributed by atoms with E-state index in [-0.39, 0.29) is 11.6 Å². The lowest BCUT2D eigenvalue weighted by Crippen LogP contribution is -2.13. The molecule has 0 spiro atoms. The van der Waals surface area contributed by atoms with Gasteiger partial charge in [-0.1, -0.05) is 33.1 Å². The number of carbonyl (C=O) groups excluding carboxylic acids is 1. The van der Waals surface area contributed by atoms with Gasteiger partial charge in [0.15, 0.2) is 5.78 Å². The van der Waals surface area contributed by atoms with Crippen LogP contribution in [0.5, 0.6) is 5.75 Å². The van der Waals surface area contributed by atoms with Crippen molar-refractivity contribution in [2.45, 2.75) is 53.4 Å². The number of hydrogen-bond acceptors (Lipinski definition) is 2. The summed E-state index contributed by atoms with van der Waals surface area (Å²) in [6.07, 6.45) is 4.53. The highest BCUT2D eigenvalue weighted by Crippen LogP contribution is 2.25. The van der Waals surface area contributed by atoms with Crippen molar-refractivity contribution in [3.8, 4) is 5.75 Å². The number of rotatable bonds is 8. The Bertz CT molecular complexity index is 455. The predicted octanol–water partition coefficient (Wildman–Crippen LogP) is 4.93. The molecule has 0 N–H and O–H groups in total. The van der Waals surface area contributed by atoms with Crippen LogP contribution in [0.1, 0.15) is 62.4 Å². The highest BCUT2D eigenvalue weighted by molar-refractivity contribution is 5.96. The first-order valence-corrected chi connectivity index (χ1v) is 7.43. The maximum absolute atomic E-state index is 13.5. The zero-order valence-corrected chi connectivity index (χ0v) is 13.0. The highest BCUT2D eigenvalue weighted by atomic mass is 19.1. The Morgan fingerprint density at radius 2 is 2.05 bits per heavy atom. The van der Waals surface area contributed by atoms with Crippen molar-refractivity contribution < 1.29 is 13.9 Å². The van der Waals surface area contributed by atoms with E-state index in [4.69, 9.17) is 4.74 Å². The second-order valence-electron chi connectivity index (χ2n) is 5.38. The van der Waals surface area contributed by atoms with Crippen molar-refractivity contribution in [3.05, 3.63) is 29.1 Å². The normalized spacial score (nSPS) is 12.2. The second kappa shape index (κ2) is 8.03. The van der Waals surface area contributed by atoms with E-state index in [9.17, 15) is 9.18 Å². The topological polar surface area (TPSA) is 26.3 Å². The number of Topliss-reactive ketones (excluding diaryl/α,β-unsaturated/α-hetero) is 1. The van der Waals surface area contributed by atoms with Crippen molar-refractivity contribution in [3.63, 3.8) is 0 Å². The molecule has 1 unspecified atom stereocenters. The lowest BCUT2D eigenvalue weighted by atomic mass is 10.0. The molecule has 0 aliphatic rings. The van der Waals surface area contributed by atoms with Gasteiger partial charge in [0.05, 0.1) is 12.2 Å². The van der Waals surface area contributed by atoms with E-state index < -0.39 is 0 Å². The number of ether oxygens (including phenoxy) is 1. The van der Waals surface area contributed by atoms with Crippen molar-refractivity contribution in [1.29, 1.82) is 0 Å². The van der Waals surface area contributed by atoms with E-state index in [1.54, 1.807) is 13.0 Å². The number of halogens is 1. The van der Waals surface area contributed by atoms with Gasteiger partial charge in [-0.2, -0.15) is 0 Å². The molecule has 0 heterocycles. The third kappa shape index (κ3) is 4.62. The molecular weight excluding hydrogens is 255 g/mol. The van der Waals surface area contributed by atoms with Gasteiger partial charge in [-0.05, 0) is 43.9 Å². The summed E-state index contributed by atoms with van der Waals surface area (Å²) < 4.78 is 19.3. The molecule has 1 atom stereocenters. The molecule has 0 amide bonds. The van der Waals surface area contributed by atoms with E-state index >= 15 is 0 Å². The van der Waals surface area contributed by atoms with Crippen molar-refractivity contribution in [2.75, 3.05) is 6.61 Å². The Balaban J connectivity index is 2.80. The average Bonchev–Trinajstić information content (AvgIpc) is 2.42. The van der Waals surface area contributed by atoms with Crippen LogP contribution in [-0.4, -0.2) is 12.4 Å². The standard InChI is InChI=1S/C17H25FO2/c1-5-7-8-14(6-2)11-20-17-9-12(3)16(18)10-15(17)13(4)19/h9-10,14H,5-8,11H2,1-4H3. The molecule has 1 aromatic rings. The van der Waals surface area contributed by atoms with Gasteiger partial charge in [0, 0.05) is 0 Å². The molecular formula is C17H25FO2. The molecule has 1 rings (SSSR count). The number of hydrogen-bond donors (Lipinski definition) is 0. The van der Waals surface area contributed by atoms with Gasteiger partial charge in [0.1, 0.15) is 11.6 Å². The summed E-state index contributed by atoms with van der Waals surface area (Å²) in [4.78, 5) is 11.6. The van der Waals surface area contributed by atoms with Crippen LogP contribution in [0.15, 0.2) is 12.1 Å². The summed E-state index contributed by atoms with van der Waals surface area (Å²) >= 11 is 0. The first-order chi connectivity index (χ1) is 9.49. The van der Waals surface area contributed by atoms with Crippen molar-refractivity contribution in [1.82, 2.24) is 0 Å². The molecule has 0 fully saturated rings. The fraction of sp³-hybridized carbons (Fsp3) is 0.588. The average molecular weight is 280 g/mol. The largest absolute Gasteiger partial charge is 0.493 e. The van der Waals surface area contributed by atoms with E-state index in [1.807, 2.05) is 0 Å². The molecule has 112 valence electrons. The first kappa shape index (κ1) is 16.7.